The van der Waals surface area contributed by atoms with Gasteiger partial charge < -0.3 is 66.2 Å². The summed E-state index contributed by atoms with van der Waals surface area (Å²) in [7, 11) is 3.98. The Kier molecular flexibility index (Phi) is 39.9. The minimum Gasteiger partial charge on any atom is -0.444 e. The number of likely N-dealkylation sites (tertiary alicyclic amines) is 1. The van der Waals surface area contributed by atoms with E-state index in [0.29, 0.717) is 52.1 Å². The highest BCUT2D eigenvalue weighted by atomic mass is 35.5. The second kappa shape index (κ2) is 51.4. The molecule has 0 aliphatic carbocycles. The molecule has 17 aromatic rings. The van der Waals surface area contributed by atoms with E-state index in [1.54, 1.807) is 38.5 Å². The standard InChI is InChI=1S/C24H24ClN5O2S.C21H22N6S.C15H7Cl2N3S.C14H11N3OS.C12H8N2S.C10H19NO2.C3H3Cl3O2.C2H4ClNO.2CH4/c1-24(2,3)32-23(31)30-13-11-29(12-14-30)20-19-18(27-22(25)28-20)16-9-10-17(26-21(16)33-19)15-7-5-4-6-8-15;1-26(2)21-24-17-15-8-9-16(14-6-4-3-5-7-14)23-20(15)28-18(17)19(25-21)27-12-10-22-11-13-27;16-13-12-11(19-15(17)20-13)9-6-7-10(18-14(9)21-12)8-4-2-1-3-5-8;15-11-9-6-7-10(8-4-2-1-3-5-8)17-14(9)19-12(11)13(16)18;13-8-10-6-7-11(14-12(10)15)9-4-2-1-3-5-9;1-10(2,3)13-9(12)11-7-5-4-6-8-11;1-3(5,6)8-2(4)7;3-1-2(4)5;;/h4-10H,11-14H2,1-3H3;3-9,22H,10-13H2,1-2H3;1-7H;1-7H,15H2,(H2,16,18);1-7H,(H,14,15);4-8H2,1-3H3;1H3;1H2,(H2,4,5);2*1H4. The number of thiophene rings is 4. The zero-order valence-corrected chi connectivity index (χ0v) is 87.8. The van der Waals surface area contributed by atoms with E-state index in [0.717, 1.165) is 197 Å². The summed E-state index contributed by atoms with van der Waals surface area (Å²) in [6.45, 7) is 20.6. The number of piperazine rings is 2. The number of halogens is 7. The first-order chi connectivity index (χ1) is 67.9. The van der Waals surface area contributed by atoms with Gasteiger partial charge in [-0.3, -0.25) is 9.59 Å². The molecule has 0 saturated carbocycles. The zero-order valence-electron chi connectivity index (χ0n) is 78.4. The molecule has 3 aliphatic heterocycles. The number of fused-ring (bicyclic) bond motifs is 10. The molecule has 3 fully saturated rings. The van der Waals surface area contributed by atoms with Crippen molar-refractivity contribution in [2.24, 2.45) is 11.5 Å². The third-order valence-corrected chi connectivity index (χ3v) is 27.0. The van der Waals surface area contributed by atoms with Gasteiger partial charge in [0.25, 0.3) is 10.4 Å². The quantitative estimate of drug-likeness (QED) is 0.0200. The Bertz CT molecular complexity index is 7420. The number of ether oxygens (including phenoxy) is 3. The lowest BCUT2D eigenvalue weighted by atomic mass is 10.1. The fraction of sp³-hybridized carbons (Fsp3) is 0.272. The Hall–Kier alpha value is -12.4. The van der Waals surface area contributed by atoms with Crippen molar-refractivity contribution in [2.45, 2.75) is 98.3 Å². The number of H-pyrrole nitrogens is 1. The van der Waals surface area contributed by atoms with Crippen LogP contribution in [0.4, 0.5) is 37.7 Å². The molecule has 29 nitrogen and oxygen atoms in total. The molecular formula is C103H106Cl7N21O8S5. The highest BCUT2D eigenvalue weighted by Crippen LogP contribution is 2.43. The van der Waals surface area contributed by atoms with E-state index < -0.39 is 27.4 Å². The zero-order chi connectivity index (χ0) is 102. The van der Waals surface area contributed by atoms with E-state index in [1.165, 1.54) is 36.0 Å². The largest absolute Gasteiger partial charge is 0.444 e. The SMILES string of the molecule is C.C.CC(C)(C)OC(=O)N1CCCCC1.CC(C)(C)OC(=O)N1CCN(c2nc(Cl)nc3c2sc2nc(-c4ccccc4)ccc23)CC1.CC(Cl)(Cl)OC(=O)Cl.CN(C)c1nc(N2CCNCC2)c2sc3nc(-c4ccccc4)ccc3c2n1.Clc1nc(Cl)c2sc3nc(-c4ccccc4)ccc3c2n1.N#Cc1ccc(-c2ccccc2)[nH]c1=S.NC(=O)CCl.NC(=O)c1sc2nc(-c3ccccc3)ccc2c1N. The summed E-state index contributed by atoms with van der Waals surface area (Å²) in [4.78, 5) is 118. The lowest BCUT2D eigenvalue weighted by Crippen LogP contribution is -2.50. The number of carbonyl (C=O) groups excluding carboxylic acids is 5. The number of benzene rings is 5. The number of nitrogens with one attached hydrogen (secondary N) is 2. The van der Waals surface area contributed by atoms with Crippen LogP contribution in [0.1, 0.15) is 97.8 Å². The lowest BCUT2D eigenvalue weighted by molar-refractivity contribution is -0.115. The van der Waals surface area contributed by atoms with Gasteiger partial charge in [-0.2, -0.15) is 15.2 Å². The number of amides is 4. The number of aromatic amines is 1. The van der Waals surface area contributed by atoms with Gasteiger partial charge in [-0.25, -0.2) is 54.3 Å². The van der Waals surface area contributed by atoms with E-state index in [1.807, 2.05) is 243 Å². The second-order valence-electron chi connectivity index (χ2n) is 34.1. The number of nitrogens with two attached hydrogens (primary N) is 3. The van der Waals surface area contributed by atoms with Crippen LogP contribution in [0.5, 0.6) is 0 Å². The van der Waals surface area contributed by atoms with Crippen molar-refractivity contribution in [1.82, 2.24) is 69.9 Å². The summed E-state index contributed by atoms with van der Waals surface area (Å²) in [6.07, 6.45) is 3.01. The Morgan fingerprint density at radius 2 is 0.840 bits per heavy atom. The monoisotopic (exact) mass is 2170 g/mol. The molecule has 41 heteroatoms. The second-order valence-corrected chi connectivity index (χ2v) is 41.8. The molecule has 8 N–H and O–H groups in total. The number of hydrogen-bond acceptors (Lipinski definition) is 29. The number of nitriles is 1. The summed E-state index contributed by atoms with van der Waals surface area (Å²) in [5, 5.41) is 16.7. The smallest absolute Gasteiger partial charge is 0.410 e. The molecule has 12 aromatic heterocycles. The fourth-order valence-corrected chi connectivity index (χ4v) is 20.0. The van der Waals surface area contributed by atoms with Crippen LogP contribution in [-0.2, 0) is 19.0 Å². The van der Waals surface area contributed by atoms with Crippen LogP contribution in [0, 0.1) is 16.0 Å². The van der Waals surface area contributed by atoms with Crippen molar-refractivity contribution in [3.05, 3.63) is 243 Å². The van der Waals surface area contributed by atoms with Gasteiger partial charge >= 0.3 is 17.6 Å². The van der Waals surface area contributed by atoms with E-state index in [2.05, 4.69) is 85.8 Å². The number of alkyl halides is 3. The van der Waals surface area contributed by atoms with Gasteiger partial charge in [0.1, 0.15) is 52.0 Å². The average Bonchev–Trinajstić information content (AvgIpc) is 1.59. The molecule has 3 saturated heterocycles. The third-order valence-electron chi connectivity index (χ3n) is 21.1. The molecular weight excluding hydrogens is 2070 g/mol. The van der Waals surface area contributed by atoms with Crippen LogP contribution in [0.3, 0.4) is 0 Å². The van der Waals surface area contributed by atoms with Gasteiger partial charge in [-0.15, -0.1) is 56.9 Å². The number of rotatable bonds is 11. The predicted octanol–water partition coefficient (Wildman–Crippen LogP) is 26.0. The Labute approximate surface area is 890 Å². The van der Waals surface area contributed by atoms with E-state index in [-0.39, 0.29) is 49.1 Å². The van der Waals surface area contributed by atoms with E-state index in [4.69, 9.17) is 145 Å². The van der Waals surface area contributed by atoms with Crippen molar-refractivity contribution in [3.63, 3.8) is 0 Å². The molecule has 4 amide bonds. The maximum Gasteiger partial charge on any atom is 0.410 e. The molecule has 144 heavy (non-hydrogen) atoms. The van der Waals surface area contributed by atoms with Crippen LogP contribution in [-0.4, -0.2) is 195 Å². The molecule has 3 aliphatic rings. The van der Waals surface area contributed by atoms with Crippen molar-refractivity contribution in [3.8, 4) is 62.4 Å². The first-order valence-electron chi connectivity index (χ1n) is 44.5. The van der Waals surface area contributed by atoms with Crippen molar-refractivity contribution in [1.29, 1.82) is 5.26 Å². The van der Waals surface area contributed by atoms with Gasteiger partial charge in [0, 0.05) is 148 Å². The average molecular weight is 2170 g/mol. The minimum atomic E-state index is -1.52. The summed E-state index contributed by atoms with van der Waals surface area (Å²) >= 11 is 49.3. The predicted molar refractivity (Wildman–Crippen MR) is 596 cm³/mol. The maximum absolute atomic E-state index is 12.4. The van der Waals surface area contributed by atoms with Gasteiger partial charge in [0.05, 0.1) is 64.7 Å². The fourth-order valence-electron chi connectivity index (χ4n) is 14.5. The van der Waals surface area contributed by atoms with Crippen molar-refractivity contribution in [2.75, 3.05) is 106 Å². The first-order valence-corrected chi connectivity index (χ1v) is 51.0. The van der Waals surface area contributed by atoms with E-state index >= 15 is 0 Å². The molecule has 20 rings (SSSR count). The molecule has 0 atom stereocenters. The molecule has 15 heterocycles. The highest BCUT2D eigenvalue weighted by molar-refractivity contribution is 7.71. The van der Waals surface area contributed by atoms with E-state index in [9.17, 15) is 24.0 Å². The molecule has 0 bridgehead atoms. The highest BCUT2D eigenvalue weighted by Gasteiger charge is 2.31. The van der Waals surface area contributed by atoms with Crippen LogP contribution in [0.15, 0.2) is 212 Å². The first kappa shape index (κ1) is 112. The number of carbonyl (C=O) groups is 5. The number of anilines is 4. The number of primary amides is 2. The molecule has 0 radical (unpaired) electrons. The summed E-state index contributed by atoms with van der Waals surface area (Å²) in [5.41, 5.74) is 27.3. The number of nitrogen functional groups attached to an aromatic ring is 1. The van der Waals surface area contributed by atoms with Crippen LogP contribution < -0.4 is 37.2 Å². The van der Waals surface area contributed by atoms with Crippen molar-refractivity contribution >= 4 is 263 Å². The van der Waals surface area contributed by atoms with Gasteiger partial charge in [-0.1, -0.05) is 214 Å². The van der Waals surface area contributed by atoms with Gasteiger partial charge in [-0.05, 0) is 150 Å². The van der Waals surface area contributed by atoms with Gasteiger partial charge in [0.2, 0.25) is 22.4 Å². The Balaban J connectivity index is 0.000000164. The van der Waals surface area contributed by atoms with Crippen LogP contribution in [0.25, 0.3) is 128 Å². The lowest BCUT2D eigenvalue weighted by Gasteiger charge is -2.36. The van der Waals surface area contributed by atoms with Crippen LogP contribution >= 0.6 is 139 Å². The summed E-state index contributed by atoms with van der Waals surface area (Å²) in [5.74, 6) is 1.49. The maximum atomic E-state index is 12.4. The Morgan fingerprint density at radius 1 is 0.465 bits per heavy atom. The summed E-state index contributed by atoms with van der Waals surface area (Å²) < 4.78 is 16.7. The molecule has 750 valence electrons. The summed E-state index contributed by atoms with van der Waals surface area (Å²) in [6, 6.07) is 71.9. The van der Waals surface area contributed by atoms with Gasteiger partial charge in [0.15, 0.2) is 16.8 Å². The van der Waals surface area contributed by atoms with Crippen molar-refractivity contribution < 1.29 is 38.2 Å². The number of piperidine rings is 1. The number of hydrogen-bond donors (Lipinski definition) is 5. The molecule has 0 spiro atoms. The number of nitrogens with zero attached hydrogens (tertiary/aromatic N) is 16. The molecule has 0 unspecified atom stereocenters. The minimum absolute atomic E-state index is 0. The molecule has 5 aromatic carbocycles. The number of pyridine rings is 5. The normalized spacial score (nSPS) is 12.9. The number of aromatic nitrogens is 11. The Morgan fingerprint density at radius 3 is 1.22 bits per heavy atom. The topological polar surface area (TPSA) is 388 Å². The van der Waals surface area contributed by atoms with Crippen LogP contribution in [0.2, 0.25) is 15.7 Å². The third kappa shape index (κ3) is 30.4.